The Morgan fingerprint density at radius 2 is 2.04 bits per heavy atom. The van der Waals surface area contributed by atoms with Crippen LogP contribution in [0.3, 0.4) is 0 Å². The van der Waals surface area contributed by atoms with Gasteiger partial charge < -0.3 is 15.5 Å². The van der Waals surface area contributed by atoms with E-state index in [1.54, 1.807) is 24.3 Å². The van der Waals surface area contributed by atoms with Crippen LogP contribution < -0.4 is 5.32 Å². The number of aromatic nitrogens is 1. The van der Waals surface area contributed by atoms with Crippen LogP contribution in [0.1, 0.15) is 15.9 Å². The van der Waals surface area contributed by atoms with Crippen LogP contribution >= 0.6 is 11.6 Å². The summed E-state index contributed by atoms with van der Waals surface area (Å²) in [5.41, 5.74) is 2.50. The number of pyridine rings is 1. The van der Waals surface area contributed by atoms with Crippen LogP contribution in [-0.2, 0) is 0 Å². The van der Waals surface area contributed by atoms with Gasteiger partial charge in [-0.25, -0.2) is 4.79 Å². The molecule has 0 aliphatic rings. The Hall–Kier alpha value is -2.79. The van der Waals surface area contributed by atoms with Crippen LogP contribution in [0.4, 0.5) is 11.4 Å². The van der Waals surface area contributed by atoms with Crippen molar-refractivity contribution in [3.05, 3.63) is 58.7 Å². The lowest BCUT2D eigenvalue weighted by atomic mass is 10.1. The summed E-state index contributed by atoms with van der Waals surface area (Å²) in [6, 6.07) is 9.89. The maximum Gasteiger partial charge on any atom is 0.339 e. The van der Waals surface area contributed by atoms with E-state index in [1.165, 1.54) is 18.3 Å². The highest BCUT2D eigenvalue weighted by Crippen LogP contribution is 2.33. The van der Waals surface area contributed by atoms with Gasteiger partial charge in [-0.1, -0.05) is 17.7 Å². The number of halogens is 1. The molecule has 0 radical (unpaired) electrons. The van der Waals surface area contributed by atoms with Crippen molar-refractivity contribution in [2.24, 2.45) is 0 Å². The van der Waals surface area contributed by atoms with Gasteiger partial charge in [-0.3, -0.25) is 4.98 Å². The molecule has 0 fully saturated rings. The van der Waals surface area contributed by atoms with Gasteiger partial charge in [-0.05, 0) is 36.8 Å². The Labute approximate surface area is 137 Å². The molecule has 3 aromatic rings. The first-order chi connectivity index (χ1) is 11.0. The summed E-state index contributed by atoms with van der Waals surface area (Å²) in [7, 11) is 0. The van der Waals surface area contributed by atoms with Crippen molar-refractivity contribution in [2.75, 3.05) is 5.32 Å². The fraction of sp³-hybridized carbons (Fsp3) is 0.0588. The van der Waals surface area contributed by atoms with Crippen LogP contribution in [0.25, 0.3) is 10.9 Å². The number of phenols is 1. The number of rotatable bonds is 3. The van der Waals surface area contributed by atoms with Gasteiger partial charge in [0.1, 0.15) is 11.3 Å². The maximum absolute atomic E-state index is 11.5. The van der Waals surface area contributed by atoms with Gasteiger partial charge >= 0.3 is 5.97 Å². The van der Waals surface area contributed by atoms with E-state index in [2.05, 4.69) is 10.3 Å². The van der Waals surface area contributed by atoms with Crippen molar-refractivity contribution >= 4 is 39.8 Å². The number of nitrogens with one attached hydrogen (secondary N) is 1. The smallest absolute Gasteiger partial charge is 0.339 e. The molecular formula is C17H13ClN2O3. The highest BCUT2D eigenvalue weighted by atomic mass is 35.5. The van der Waals surface area contributed by atoms with E-state index >= 15 is 0 Å². The number of carboxylic acid groups (broad SMARTS) is 1. The van der Waals surface area contributed by atoms with Gasteiger partial charge in [0.25, 0.3) is 0 Å². The minimum atomic E-state index is -1.10. The third-order valence-electron chi connectivity index (χ3n) is 3.47. The molecule has 0 atom stereocenters. The van der Waals surface area contributed by atoms with E-state index in [4.69, 9.17) is 11.6 Å². The van der Waals surface area contributed by atoms with Crippen LogP contribution in [0.5, 0.6) is 5.75 Å². The van der Waals surface area contributed by atoms with Crippen LogP contribution in [0.2, 0.25) is 5.02 Å². The molecule has 2 aromatic carbocycles. The summed E-state index contributed by atoms with van der Waals surface area (Å²) in [6.45, 7) is 1.86. The third kappa shape index (κ3) is 2.91. The molecule has 0 spiro atoms. The first-order valence-electron chi connectivity index (χ1n) is 6.84. The zero-order valence-corrected chi connectivity index (χ0v) is 12.9. The second-order valence-electron chi connectivity index (χ2n) is 5.15. The van der Waals surface area contributed by atoms with Crippen molar-refractivity contribution in [2.45, 2.75) is 6.92 Å². The largest absolute Gasteiger partial charge is 0.508 e. The molecule has 0 bridgehead atoms. The molecule has 0 aliphatic heterocycles. The second-order valence-corrected chi connectivity index (χ2v) is 5.58. The molecule has 0 amide bonds. The van der Waals surface area contributed by atoms with Crippen molar-refractivity contribution in [3.63, 3.8) is 0 Å². The molecule has 0 saturated heterocycles. The average molecular weight is 329 g/mol. The SMILES string of the molecule is Cc1cc(Cl)cc2c(Nc3cccc(O)c3)c(C(=O)O)cnc12. The summed E-state index contributed by atoms with van der Waals surface area (Å²) >= 11 is 6.11. The van der Waals surface area contributed by atoms with E-state index in [-0.39, 0.29) is 11.3 Å². The number of aromatic hydroxyl groups is 1. The van der Waals surface area contributed by atoms with Gasteiger partial charge in [0.2, 0.25) is 0 Å². The normalized spacial score (nSPS) is 10.7. The summed E-state index contributed by atoms with van der Waals surface area (Å²) < 4.78 is 0. The zero-order valence-electron chi connectivity index (χ0n) is 12.2. The van der Waals surface area contributed by atoms with Gasteiger partial charge in [0, 0.05) is 28.4 Å². The van der Waals surface area contributed by atoms with Gasteiger partial charge in [0.15, 0.2) is 0 Å². The lowest BCUT2D eigenvalue weighted by Gasteiger charge is -2.14. The zero-order chi connectivity index (χ0) is 16.6. The highest BCUT2D eigenvalue weighted by molar-refractivity contribution is 6.31. The van der Waals surface area contributed by atoms with Crippen LogP contribution in [0.15, 0.2) is 42.6 Å². The molecule has 3 rings (SSSR count). The number of aromatic carboxylic acids is 1. The number of benzene rings is 2. The predicted molar refractivity (Wildman–Crippen MR) is 89.8 cm³/mol. The molecule has 0 aliphatic carbocycles. The Morgan fingerprint density at radius 3 is 2.74 bits per heavy atom. The Bertz CT molecular complexity index is 925. The minimum Gasteiger partial charge on any atom is -0.508 e. The molecule has 6 heteroatoms. The standard InChI is InChI=1S/C17H13ClN2O3/c1-9-5-10(18)6-13-15(9)19-8-14(17(22)23)16(13)20-11-3-2-4-12(21)7-11/h2-8,21H,1H3,(H,19,20)(H,22,23). The molecule has 0 saturated carbocycles. The summed E-state index contributed by atoms with van der Waals surface area (Å²) in [6.07, 6.45) is 1.32. The van der Waals surface area contributed by atoms with Gasteiger partial charge in [0.05, 0.1) is 11.2 Å². The number of anilines is 2. The van der Waals surface area contributed by atoms with E-state index in [9.17, 15) is 15.0 Å². The lowest BCUT2D eigenvalue weighted by Crippen LogP contribution is -2.05. The van der Waals surface area contributed by atoms with E-state index in [0.29, 0.717) is 27.3 Å². The summed E-state index contributed by atoms with van der Waals surface area (Å²) in [4.78, 5) is 15.8. The van der Waals surface area contributed by atoms with Gasteiger partial charge in [-0.15, -0.1) is 0 Å². The Morgan fingerprint density at radius 1 is 1.26 bits per heavy atom. The molecular weight excluding hydrogens is 316 g/mol. The third-order valence-corrected chi connectivity index (χ3v) is 3.69. The van der Waals surface area contributed by atoms with Crippen molar-refractivity contribution in [3.8, 4) is 5.75 Å². The molecule has 116 valence electrons. The number of fused-ring (bicyclic) bond motifs is 1. The molecule has 1 aromatic heterocycles. The number of nitrogens with zero attached hydrogens (tertiary/aromatic N) is 1. The predicted octanol–water partition coefficient (Wildman–Crippen LogP) is 4.34. The Balaban J connectivity index is 2.26. The highest BCUT2D eigenvalue weighted by Gasteiger charge is 2.16. The van der Waals surface area contributed by atoms with E-state index in [0.717, 1.165) is 5.56 Å². The van der Waals surface area contributed by atoms with Crippen molar-refractivity contribution in [1.29, 1.82) is 0 Å². The number of aryl methyl sites for hydroxylation is 1. The lowest BCUT2D eigenvalue weighted by molar-refractivity contribution is 0.0697. The molecule has 5 nitrogen and oxygen atoms in total. The summed E-state index contributed by atoms with van der Waals surface area (Å²) in [5.74, 6) is -1.01. The minimum absolute atomic E-state index is 0.0301. The first-order valence-corrected chi connectivity index (χ1v) is 7.21. The number of hydrogen-bond acceptors (Lipinski definition) is 4. The molecule has 23 heavy (non-hydrogen) atoms. The summed E-state index contributed by atoms with van der Waals surface area (Å²) in [5, 5.41) is 23.2. The van der Waals surface area contributed by atoms with E-state index < -0.39 is 5.97 Å². The van der Waals surface area contributed by atoms with Crippen molar-refractivity contribution in [1.82, 2.24) is 4.98 Å². The molecule has 3 N–H and O–H groups in total. The van der Waals surface area contributed by atoms with Crippen molar-refractivity contribution < 1.29 is 15.0 Å². The maximum atomic E-state index is 11.5. The average Bonchev–Trinajstić information content (AvgIpc) is 2.47. The second kappa shape index (κ2) is 5.78. The monoisotopic (exact) mass is 328 g/mol. The number of carbonyl (C=O) groups is 1. The topological polar surface area (TPSA) is 82.5 Å². The van der Waals surface area contributed by atoms with Gasteiger partial charge in [-0.2, -0.15) is 0 Å². The Kier molecular flexibility index (Phi) is 3.80. The van der Waals surface area contributed by atoms with E-state index in [1.807, 2.05) is 6.92 Å². The van der Waals surface area contributed by atoms with Crippen LogP contribution in [-0.4, -0.2) is 21.2 Å². The first kappa shape index (κ1) is 15.1. The molecule has 0 unspecified atom stereocenters. The fourth-order valence-electron chi connectivity index (χ4n) is 2.46. The van der Waals surface area contributed by atoms with Crippen LogP contribution in [0, 0.1) is 6.92 Å². The fourth-order valence-corrected chi connectivity index (χ4v) is 2.73. The molecule has 1 heterocycles. The quantitative estimate of drug-likeness (QED) is 0.666. The number of carboxylic acids is 1. The number of phenolic OH excluding ortho intramolecular Hbond substituents is 1. The number of hydrogen-bond donors (Lipinski definition) is 3.